The summed E-state index contributed by atoms with van der Waals surface area (Å²) in [4.78, 5) is 26.0. The minimum absolute atomic E-state index is 0.105. The van der Waals surface area contributed by atoms with Crippen LogP contribution in [0.4, 0.5) is 9.93 Å². The topological polar surface area (TPSA) is 112 Å². The molecule has 1 aromatic rings. The smallest absolute Gasteiger partial charge is 0.334 e. The zero-order valence-electron chi connectivity index (χ0n) is 10.9. The van der Waals surface area contributed by atoms with E-state index in [0.29, 0.717) is 5.13 Å². The Labute approximate surface area is 114 Å². The van der Waals surface area contributed by atoms with Gasteiger partial charge in [-0.25, -0.2) is 14.6 Å². The molecule has 106 valence electrons. The molecule has 4 N–H and O–H groups in total. The van der Waals surface area contributed by atoms with Crippen molar-refractivity contribution in [2.24, 2.45) is 0 Å². The van der Waals surface area contributed by atoms with Gasteiger partial charge in [-0.05, 0) is 0 Å². The first kappa shape index (κ1) is 15.4. The summed E-state index contributed by atoms with van der Waals surface area (Å²) in [5.41, 5.74) is 0.755. The molecular weight excluding hydrogens is 270 g/mol. The van der Waals surface area contributed by atoms with Gasteiger partial charge in [0.1, 0.15) is 0 Å². The zero-order valence-corrected chi connectivity index (χ0v) is 11.7. The van der Waals surface area contributed by atoms with Crippen LogP contribution in [-0.2, 0) is 10.2 Å². The van der Waals surface area contributed by atoms with Crippen LogP contribution >= 0.6 is 11.3 Å². The molecule has 1 rings (SSSR count). The van der Waals surface area contributed by atoms with Gasteiger partial charge >= 0.3 is 12.0 Å². The van der Waals surface area contributed by atoms with Gasteiger partial charge in [0.05, 0.1) is 12.2 Å². The van der Waals surface area contributed by atoms with E-state index in [-0.39, 0.29) is 12.0 Å². The normalized spacial score (nSPS) is 12.8. The van der Waals surface area contributed by atoms with Crippen LogP contribution in [0.2, 0.25) is 0 Å². The van der Waals surface area contributed by atoms with Crippen LogP contribution in [0.15, 0.2) is 5.38 Å². The van der Waals surface area contributed by atoms with Gasteiger partial charge in [0.25, 0.3) is 0 Å². The third-order valence-corrected chi connectivity index (χ3v) is 2.99. The number of nitrogens with zero attached hydrogens (tertiary/aromatic N) is 1. The maximum absolute atomic E-state index is 11.4. The highest BCUT2D eigenvalue weighted by molar-refractivity contribution is 7.13. The number of hydrogen-bond acceptors (Lipinski definition) is 5. The molecule has 0 unspecified atom stereocenters. The molecule has 19 heavy (non-hydrogen) atoms. The Morgan fingerprint density at radius 1 is 1.47 bits per heavy atom. The monoisotopic (exact) mass is 287 g/mol. The minimum atomic E-state index is -1.62. The van der Waals surface area contributed by atoms with Gasteiger partial charge in [-0.3, -0.25) is 5.32 Å². The highest BCUT2D eigenvalue weighted by atomic mass is 32.1. The van der Waals surface area contributed by atoms with Crippen molar-refractivity contribution in [3.8, 4) is 0 Å². The van der Waals surface area contributed by atoms with Crippen LogP contribution in [0.3, 0.4) is 0 Å². The second kappa shape index (κ2) is 5.98. The molecule has 1 heterocycles. The van der Waals surface area contributed by atoms with Crippen LogP contribution in [0.5, 0.6) is 0 Å². The molecule has 0 radical (unpaired) electrons. The predicted octanol–water partition coefficient (Wildman–Crippen LogP) is 1.01. The summed E-state index contributed by atoms with van der Waals surface area (Å²) in [5.74, 6) is -1.38. The third-order valence-electron chi connectivity index (χ3n) is 2.23. The summed E-state index contributed by atoms with van der Waals surface area (Å²) < 4.78 is 0. The van der Waals surface area contributed by atoms with Crippen molar-refractivity contribution in [2.75, 3.05) is 11.9 Å². The summed E-state index contributed by atoms with van der Waals surface area (Å²) >= 11 is 1.28. The van der Waals surface area contributed by atoms with Crippen LogP contribution in [0.1, 0.15) is 26.5 Å². The molecule has 0 spiro atoms. The molecule has 0 bridgehead atoms. The average Bonchev–Trinajstić information content (AvgIpc) is 2.73. The lowest BCUT2D eigenvalue weighted by molar-refractivity contribution is -0.146. The van der Waals surface area contributed by atoms with Crippen LogP contribution in [0, 0.1) is 0 Å². The minimum Gasteiger partial charge on any atom is -0.479 e. The molecule has 7 nitrogen and oxygen atoms in total. The SMILES string of the molecule is CC(C)(C)c1csc(NC(=O)NC[C@H](O)C(=O)O)n1. The van der Waals surface area contributed by atoms with Crippen LogP contribution in [0.25, 0.3) is 0 Å². The van der Waals surface area contributed by atoms with E-state index >= 15 is 0 Å². The average molecular weight is 287 g/mol. The van der Waals surface area contributed by atoms with E-state index in [4.69, 9.17) is 10.2 Å². The second-order valence-electron chi connectivity index (χ2n) is 4.98. The molecule has 2 amide bonds. The van der Waals surface area contributed by atoms with Crippen LogP contribution in [-0.4, -0.2) is 39.8 Å². The van der Waals surface area contributed by atoms with Crippen molar-refractivity contribution in [1.82, 2.24) is 10.3 Å². The van der Waals surface area contributed by atoms with E-state index in [0.717, 1.165) is 5.69 Å². The first-order valence-corrected chi connectivity index (χ1v) is 6.50. The molecule has 0 aliphatic rings. The molecular formula is C11H17N3O4S. The van der Waals surface area contributed by atoms with E-state index in [2.05, 4.69) is 15.6 Å². The number of carboxylic acids is 1. The second-order valence-corrected chi connectivity index (χ2v) is 5.84. The number of urea groups is 1. The highest BCUT2D eigenvalue weighted by Crippen LogP contribution is 2.26. The molecule has 1 aromatic heterocycles. The number of carbonyl (C=O) groups is 2. The first-order valence-electron chi connectivity index (χ1n) is 5.62. The Morgan fingerprint density at radius 3 is 2.58 bits per heavy atom. The maximum Gasteiger partial charge on any atom is 0.334 e. The number of rotatable bonds is 4. The zero-order chi connectivity index (χ0) is 14.6. The van der Waals surface area contributed by atoms with Crippen molar-refractivity contribution in [2.45, 2.75) is 32.3 Å². The summed E-state index contributed by atoms with van der Waals surface area (Å²) in [6.07, 6.45) is -1.62. The largest absolute Gasteiger partial charge is 0.479 e. The lowest BCUT2D eigenvalue weighted by atomic mass is 9.93. The molecule has 0 aromatic carbocycles. The Morgan fingerprint density at radius 2 is 2.11 bits per heavy atom. The van der Waals surface area contributed by atoms with Crippen LogP contribution < -0.4 is 10.6 Å². The van der Waals surface area contributed by atoms with E-state index in [1.165, 1.54) is 11.3 Å². The number of aliphatic hydroxyl groups excluding tert-OH is 1. The third kappa shape index (κ3) is 4.84. The van der Waals surface area contributed by atoms with Crippen molar-refractivity contribution >= 4 is 28.5 Å². The Hall–Kier alpha value is -1.67. The molecule has 0 aliphatic carbocycles. The lowest BCUT2D eigenvalue weighted by Crippen LogP contribution is -2.38. The fourth-order valence-corrected chi connectivity index (χ4v) is 2.03. The van der Waals surface area contributed by atoms with Crippen molar-refractivity contribution in [3.63, 3.8) is 0 Å². The van der Waals surface area contributed by atoms with Gasteiger partial charge in [0, 0.05) is 10.8 Å². The molecule has 8 heteroatoms. The standard InChI is InChI=1S/C11H17N3O4S/c1-11(2,3)7-5-19-10(13-7)14-9(18)12-4-6(15)8(16)17/h5-6,15H,4H2,1-3H3,(H,16,17)(H2,12,13,14,18)/t6-/m0/s1. The molecule has 0 aliphatic heterocycles. The summed E-state index contributed by atoms with van der Waals surface area (Å²) in [5, 5.41) is 24.4. The number of hydrogen-bond donors (Lipinski definition) is 4. The molecule has 0 saturated carbocycles. The van der Waals surface area contributed by atoms with E-state index in [1.54, 1.807) is 0 Å². The Balaban J connectivity index is 2.49. The van der Waals surface area contributed by atoms with Gasteiger partial charge in [0.2, 0.25) is 0 Å². The highest BCUT2D eigenvalue weighted by Gasteiger charge is 2.18. The van der Waals surface area contributed by atoms with Gasteiger partial charge in [0.15, 0.2) is 11.2 Å². The number of amides is 2. The Bertz CT molecular complexity index is 467. The quantitative estimate of drug-likeness (QED) is 0.660. The van der Waals surface area contributed by atoms with Gasteiger partial charge < -0.3 is 15.5 Å². The Kier molecular flexibility index (Phi) is 4.84. The summed E-state index contributed by atoms with van der Waals surface area (Å²) in [6, 6.07) is -0.602. The number of aliphatic hydroxyl groups is 1. The molecule has 0 fully saturated rings. The number of thiazole rings is 1. The molecule has 1 atom stereocenters. The fraction of sp³-hybridized carbons (Fsp3) is 0.545. The predicted molar refractivity (Wildman–Crippen MR) is 71.5 cm³/mol. The number of nitrogens with one attached hydrogen (secondary N) is 2. The van der Waals surface area contributed by atoms with Crippen molar-refractivity contribution in [3.05, 3.63) is 11.1 Å². The number of anilines is 1. The van der Waals surface area contributed by atoms with E-state index in [1.807, 2.05) is 26.2 Å². The van der Waals surface area contributed by atoms with E-state index in [9.17, 15) is 9.59 Å². The van der Waals surface area contributed by atoms with Crippen molar-refractivity contribution < 1.29 is 19.8 Å². The number of aromatic nitrogens is 1. The fourth-order valence-electron chi connectivity index (χ4n) is 1.09. The lowest BCUT2D eigenvalue weighted by Gasteiger charge is -2.14. The van der Waals surface area contributed by atoms with Gasteiger partial charge in [-0.2, -0.15) is 0 Å². The van der Waals surface area contributed by atoms with Gasteiger partial charge in [-0.15, -0.1) is 11.3 Å². The first-order chi connectivity index (χ1) is 8.70. The van der Waals surface area contributed by atoms with Gasteiger partial charge in [-0.1, -0.05) is 20.8 Å². The van der Waals surface area contributed by atoms with E-state index < -0.39 is 18.1 Å². The summed E-state index contributed by atoms with van der Waals surface area (Å²) in [6.45, 7) is 5.66. The van der Waals surface area contributed by atoms with Crippen molar-refractivity contribution in [1.29, 1.82) is 0 Å². The molecule has 0 saturated heterocycles. The number of carboxylic acid groups (broad SMARTS) is 1. The maximum atomic E-state index is 11.4. The number of aliphatic carboxylic acids is 1. The summed E-state index contributed by atoms with van der Waals surface area (Å²) in [7, 11) is 0. The number of carbonyl (C=O) groups excluding carboxylic acids is 1.